The van der Waals surface area contributed by atoms with Crippen molar-refractivity contribution in [1.29, 1.82) is 0 Å². The van der Waals surface area contributed by atoms with Gasteiger partial charge in [0.1, 0.15) is 0 Å². The molecule has 0 aliphatic heterocycles. The third-order valence-electron chi connectivity index (χ3n) is 2.13. The van der Waals surface area contributed by atoms with Gasteiger partial charge in [-0.1, -0.05) is 5.21 Å². The molecule has 2 N–H and O–H groups in total. The molecule has 1 rings (SSSR count). The van der Waals surface area contributed by atoms with Gasteiger partial charge in [0.05, 0.1) is 24.6 Å². The largest absolute Gasteiger partial charge is 0.391 e. The number of nitrogens with one attached hydrogen (secondary N) is 1. The lowest BCUT2D eigenvalue weighted by Gasteiger charge is -2.09. The zero-order valence-electron chi connectivity index (χ0n) is 9.18. The molecule has 0 saturated carbocycles. The highest BCUT2D eigenvalue weighted by molar-refractivity contribution is 4.91. The molecule has 0 fully saturated rings. The molecule has 15 heavy (non-hydrogen) atoms. The summed E-state index contributed by atoms with van der Waals surface area (Å²) in [4.78, 5) is 0. The monoisotopic (exact) mass is 214 g/mol. The van der Waals surface area contributed by atoms with Crippen LogP contribution in [0.5, 0.6) is 0 Å². The van der Waals surface area contributed by atoms with Gasteiger partial charge >= 0.3 is 0 Å². The smallest absolute Gasteiger partial charge is 0.0785 e. The first-order valence-corrected chi connectivity index (χ1v) is 4.95. The highest BCUT2D eigenvalue weighted by atomic mass is 16.5. The Balaban J connectivity index is 2.09. The summed E-state index contributed by atoms with van der Waals surface area (Å²) in [6.45, 7) is 1.84. The van der Waals surface area contributed by atoms with E-state index in [-0.39, 0.29) is 0 Å². The van der Waals surface area contributed by atoms with Gasteiger partial charge in [0.25, 0.3) is 0 Å². The van der Waals surface area contributed by atoms with Gasteiger partial charge in [0, 0.05) is 20.7 Å². The normalized spacial score (nSPS) is 13.0. The Labute approximate surface area is 89.2 Å². The minimum atomic E-state index is -0.396. The van der Waals surface area contributed by atoms with Crippen LogP contribution in [0.1, 0.15) is 12.1 Å². The third kappa shape index (κ3) is 4.37. The molecule has 86 valence electrons. The predicted octanol–water partition coefficient (Wildman–Crippen LogP) is -0.698. The van der Waals surface area contributed by atoms with Gasteiger partial charge in [-0.2, -0.15) is 0 Å². The van der Waals surface area contributed by atoms with Crippen LogP contribution in [0.15, 0.2) is 6.20 Å². The van der Waals surface area contributed by atoms with Crippen LogP contribution < -0.4 is 5.32 Å². The average molecular weight is 214 g/mol. The second-order valence-electron chi connectivity index (χ2n) is 3.42. The first kappa shape index (κ1) is 12.1. The lowest BCUT2D eigenvalue weighted by atomic mass is 10.2. The van der Waals surface area contributed by atoms with E-state index in [0.29, 0.717) is 19.6 Å². The first-order valence-electron chi connectivity index (χ1n) is 4.95. The van der Waals surface area contributed by atoms with Gasteiger partial charge < -0.3 is 15.2 Å². The van der Waals surface area contributed by atoms with Gasteiger partial charge in [-0.15, -0.1) is 5.10 Å². The number of hydrogen-bond donors (Lipinski definition) is 2. The number of aliphatic hydroxyl groups excluding tert-OH is 1. The molecule has 0 saturated heterocycles. The molecule has 0 aliphatic carbocycles. The van der Waals surface area contributed by atoms with E-state index in [9.17, 15) is 5.11 Å². The number of ether oxygens (including phenoxy) is 1. The Bertz CT molecular complexity index is 277. The van der Waals surface area contributed by atoms with Crippen molar-refractivity contribution in [2.45, 2.75) is 19.1 Å². The minimum Gasteiger partial charge on any atom is -0.391 e. The Kier molecular flexibility index (Phi) is 5.23. The van der Waals surface area contributed by atoms with Crippen LogP contribution in [0.2, 0.25) is 0 Å². The summed E-state index contributed by atoms with van der Waals surface area (Å²) in [5.41, 5.74) is 1.02. The quantitative estimate of drug-likeness (QED) is 0.587. The van der Waals surface area contributed by atoms with Crippen LogP contribution in [0.25, 0.3) is 0 Å². The molecule has 6 heteroatoms. The fraction of sp³-hybridized carbons (Fsp3) is 0.778. The number of methoxy groups -OCH3 is 1. The van der Waals surface area contributed by atoms with Crippen molar-refractivity contribution >= 4 is 0 Å². The lowest BCUT2D eigenvalue weighted by molar-refractivity contribution is 0.0594. The standard InChI is InChI=1S/C9H18N4O2/c1-13-8(6-11-12-13)5-10-4-3-9(14)7-15-2/h6,9-10,14H,3-5,7H2,1-2H3. The fourth-order valence-corrected chi connectivity index (χ4v) is 1.23. The van der Waals surface area contributed by atoms with E-state index < -0.39 is 6.10 Å². The molecule has 1 unspecified atom stereocenters. The maximum Gasteiger partial charge on any atom is 0.0785 e. The van der Waals surface area contributed by atoms with E-state index in [1.807, 2.05) is 7.05 Å². The van der Waals surface area contributed by atoms with Crippen LogP contribution in [-0.2, 0) is 18.3 Å². The van der Waals surface area contributed by atoms with Crippen molar-refractivity contribution in [1.82, 2.24) is 20.3 Å². The maximum atomic E-state index is 9.37. The summed E-state index contributed by atoms with van der Waals surface area (Å²) in [6.07, 6.45) is 2.00. The molecule has 0 aromatic carbocycles. The number of aliphatic hydroxyl groups is 1. The van der Waals surface area contributed by atoms with E-state index >= 15 is 0 Å². The number of nitrogens with zero attached hydrogens (tertiary/aromatic N) is 3. The van der Waals surface area contributed by atoms with Crippen molar-refractivity contribution in [2.24, 2.45) is 7.05 Å². The first-order chi connectivity index (χ1) is 7.24. The maximum absolute atomic E-state index is 9.37. The number of rotatable bonds is 7. The molecule has 0 radical (unpaired) electrons. The van der Waals surface area contributed by atoms with Crippen molar-refractivity contribution in [3.63, 3.8) is 0 Å². The predicted molar refractivity (Wildman–Crippen MR) is 55.2 cm³/mol. The minimum absolute atomic E-state index is 0.384. The molecule has 0 bridgehead atoms. The van der Waals surface area contributed by atoms with Crippen LogP contribution in [0, 0.1) is 0 Å². The van der Waals surface area contributed by atoms with Crippen molar-refractivity contribution in [2.75, 3.05) is 20.3 Å². The number of hydrogen-bond acceptors (Lipinski definition) is 5. The second-order valence-corrected chi connectivity index (χ2v) is 3.42. The van der Waals surface area contributed by atoms with E-state index in [1.165, 1.54) is 0 Å². The molecule has 1 aromatic heterocycles. The summed E-state index contributed by atoms with van der Waals surface area (Å²) in [5, 5.41) is 20.2. The molecule has 0 aliphatic rings. The molecule has 1 heterocycles. The highest BCUT2D eigenvalue weighted by Crippen LogP contribution is 1.94. The zero-order chi connectivity index (χ0) is 11.1. The summed E-state index contributed by atoms with van der Waals surface area (Å²) in [7, 11) is 3.43. The number of aromatic nitrogens is 3. The van der Waals surface area contributed by atoms with Crippen LogP contribution in [0.3, 0.4) is 0 Å². The Morgan fingerprint density at radius 2 is 2.47 bits per heavy atom. The van der Waals surface area contributed by atoms with Crippen LogP contribution >= 0.6 is 0 Å². The van der Waals surface area contributed by atoms with Crippen LogP contribution in [-0.4, -0.2) is 46.5 Å². The van der Waals surface area contributed by atoms with Gasteiger partial charge in [-0.25, -0.2) is 0 Å². The topological polar surface area (TPSA) is 72.2 Å². The van der Waals surface area contributed by atoms with Gasteiger partial charge in [0.15, 0.2) is 0 Å². The molecule has 0 spiro atoms. The summed E-state index contributed by atoms with van der Waals surface area (Å²) in [6, 6.07) is 0. The number of aryl methyl sites for hydroxylation is 1. The van der Waals surface area contributed by atoms with E-state index in [1.54, 1.807) is 18.0 Å². The van der Waals surface area contributed by atoms with Gasteiger partial charge in [-0.05, 0) is 13.0 Å². The second kappa shape index (κ2) is 6.49. The lowest BCUT2D eigenvalue weighted by Crippen LogP contribution is -2.23. The van der Waals surface area contributed by atoms with Crippen molar-refractivity contribution in [3.8, 4) is 0 Å². The van der Waals surface area contributed by atoms with E-state index in [4.69, 9.17) is 4.74 Å². The fourth-order valence-electron chi connectivity index (χ4n) is 1.23. The van der Waals surface area contributed by atoms with E-state index in [0.717, 1.165) is 12.2 Å². The van der Waals surface area contributed by atoms with Gasteiger partial charge in [-0.3, -0.25) is 4.68 Å². The van der Waals surface area contributed by atoms with Crippen LogP contribution in [0.4, 0.5) is 0 Å². The van der Waals surface area contributed by atoms with Crippen molar-refractivity contribution in [3.05, 3.63) is 11.9 Å². The Morgan fingerprint density at radius 1 is 1.67 bits per heavy atom. The molecular formula is C9H18N4O2. The van der Waals surface area contributed by atoms with Gasteiger partial charge in [0.2, 0.25) is 0 Å². The molecule has 0 amide bonds. The van der Waals surface area contributed by atoms with Crippen molar-refractivity contribution < 1.29 is 9.84 Å². The Morgan fingerprint density at radius 3 is 3.07 bits per heavy atom. The summed E-state index contributed by atoms with van der Waals surface area (Å²) in [5.74, 6) is 0. The summed E-state index contributed by atoms with van der Waals surface area (Å²) >= 11 is 0. The third-order valence-corrected chi connectivity index (χ3v) is 2.13. The SMILES string of the molecule is COCC(O)CCNCc1cnnn1C. The summed E-state index contributed by atoms with van der Waals surface area (Å²) < 4.78 is 6.54. The molecule has 1 aromatic rings. The molecular weight excluding hydrogens is 196 g/mol. The zero-order valence-corrected chi connectivity index (χ0v) is 9.18. The Hall–Kier alpha value is -0.980. The average Bonchev–Trinajstić information content (AvgIpc) is 2.60. The highest BCUT2D eigenvalue weighted by Gasteiger charge is 2.03. The molecule has 6 nitrogen and oxygen atoms in total. The van der Waals surface area contributed by atoms with E-state index in [2.05, 4.69) is 15.6 Å². The molecule has 1 atom stereocenters.